The van der Waals surface area contributed by atoms with Crippen molar-refractivity contribution in [2.45, 2.75) is 56.9 Å². The molecule has 0 spiro atoms. The fraction of sp³-hybridized carbons (Fsp3) is 0.619. The van der Waals surface area contributed by atoms with Crippen LogP contribution in [0.2, 0.25) is 0 Å². The molecule has 27 heavy (non-hydrogen) atoms. The van der Waals surface area contributed by atoms with Gasteiger partial charge in [-0.05, 0) is 37.0 Å². The molecular weight excluding hydrogens is 343 g/mol. The molecule has 3 rings (SSSR count). The molecular formula is C21H31FN4O. The van der Waals surface area contributed by atoms with Crippen LogP contribution in [-0.2, 0) is 10.2 Å². The third-order valence-corrected chi connectivity index (χ3v) is 6.02. The number of rotatable bonds is 5. The lowest BCUT2D eigenvalue weighted by Gasteiger charge is -2.31. The third-order valence-electron chi connectivity index (χ3n) is 6.02. The minimum atomic E-state index is -0.190. The van der Waals surface area contributed by atoms with Crippen molar-refractivity contribution in [2.24, 2.45) is 4.99 Å². The Morgan fingerprint density at radius 3 is 2.63 bits per heavy atom. The molecule has 1 unspecified atom stereocenters. The van der Waals surface area contributed by atoms with Gasteiger partial charge in [0.15, 0.2) is 5.96 Å². The summed E-state index contributed by atoms with van der Waals surface area (Å²) in [6.45, 7) is 4.22. The van der Waals surface area contributed by atoms with Crippen LogP contribution in [-0.4, -0.2) is 49.5 Å². The summed E-state index contributed by atoms with van der Waals surface area (Å²) in [7, 11) is 1.78. The summed E-state index contributed by atoms with van der Waals surface area (Å²) in [5.74, 6) is 0.799. The number of likely N-dealkylation sites (tertiary alicyclic amines) is 1. The summed E-state index contributed by atoms with van der Waals surface area (Å²) in [5.41, 5.74) is 1.23. The number of halogens is 1. The van der Waals surface area contributed by atoms with Crippen molar-refractivity contribution in [3.63, 3.8) is 0 Å². The predicted molar refractivity (Wildman–Crippen MR) is 106 cm³/mol. The molecule has 1 atom stereocenters. The lowest BCUT2D eigenvalue weighted by Crippen LogP contribution is -2.48. The van der Waals surface area contributed by atoms with E-state index < -0.39 is 0 Å². The minimum absolute atomic E-state index is 0.0329. The number of aliphatic imine (C=N–C) groups is 1. The molecule has 1 saturated heterocycles. The van der Waals surface area contributed by atoms with E-state index in [2.05, 4.69) is 15.6 Å². The van der Waals surface area contributed by atoms with Gasteiger partial charge in [0.05, 0.1) is 0 Å². The molecule has 1 aromatic rings. The Balaban J connectivity index is 1.59. The molecule has 1 amide bonds. The van der Waals surface area contributed by atoms with Crippen LogP contribution < -0.4 is 10.6 Å². The van der Waals surface area contributed by atoms with E-state index in [9.17, 15) is 9.18 Å². The van der Waals surface area contributed by atoms with Gasteiger partial charge >= 0.3 is 0 Å². The first-order valence-electron chi connectivity index (χ1n) is 10.1. The van der Waals surface area contributed by atoms with E-state index in [1.165, 1.54) is 18.4 Å². The topological polar surface area (TPSA) is 56.7 Å². The SMILES string of the molecule is CCC(=O)N1CCC(NC(=NC)NCC2(c3ccc(F)cc3)CCCC2)C1. The van der Waals surface area contributed by atoms with E-state index in [4.69, 9.17) is 0 Å². The second kappa shape index (κ2) is 8.72. The van der Waals surface area contributed by atoms with Crippen LogP contribution in [0, 0.1) is 5.82 Å². The Hall–Kier alpha value is -2.11. The summed E-state index contributed by atoms with van der Waals surface area (Å²) in [6.07, 6.45) is 6.09. The van der Waals surface area contributed by atoms with Crippen molar-refractivity contribution in [2.75, 3.05) is 26.7 Å². The number of benzene rings is 1. The molecule has 0 radical (unpaired) electrons. The van der Waals surface area contributed by atoms with Crippen LogP contribution in [0.5, 0.6) is 0 Å². The fourth-order valence-corrected chi connectivity index (χ4v) is 4.39. The van der Waals surface area contributed by atoms with Gasteiger partial charge in [0.1, 0.15) is 5.82 Å². The molecule has 1 aromatic carbocycles. The van der Waals surface area contributed by atoms with E-state index in [0.717, 1.165) is 44.9 Å². The quantitative estimate of drug-likeness (QED) is 0.616. The molecule has 6 heteroatoms. The summed E-state index contributed by atoms with van der Waals surface area (Å²) in [4.78, 5) is 18.2. The Kier molecular flexibility index (Phi) is 6.34. The van der Waals surface area contributed by atoms with Crippen LogP contribution in [0.25, 0.3) is 0 Å². The normalized spacial score (nSPS) is 22.1. The molecule has 148 valence electrons. The van der Waals surface area contributed by atoms with Gasteiger partial charge in [-0.15, -0.1) is 0 Å². The molecule has 0 bridgehead atoms. The molecule has 1 heterocycles. The third kappa shape index (κ3) is 4.60. The van der Waals surface area contributed by atoms with Crippen LogP contribution in [0.15, 0.2) is 29.3 Å². The zero-order valence-electron chi connectivity index (χ0n) is 16.4. The number of nitrogens with one attached hydrogen (secondary N) is 2. The highest BCUT2D eigenvalue weighted by molar-refractivity contribution is 5.80. The maximum absolute atomic E-state index is 13.3. The smallest absolute Gasteiger partial charge is 0.222 e. The van der Waals surface area contributed by atoms with Crippen molar-refractivity contribution in [3.8, 4) is 0 Å². The summed E-state index contributed by atoms with van der Waals surface area (Å²) in [6, 6.07) is 7.19. The molecule has 1 aliphatic heterocycles. The van der Waals surface area contributed by atoms with Crippen LogP contribution in [0.1, 0.15) is 51.0 Å². The van der Waals surface area contributed by atoms with Gasteiger partial charge in [0.2, 0.25) is 5.91 Å². The van der Waals surface area contributed by atoms with E-state index >= 15 is 0 Å². The number of carbonyl (C=O) groups is 1. The zero-order valence-corrected chi connectivity index (χ0v) is 16.4. The Labute approximate surface area is 161 Å². The second-order valence-corrected chi connectivity index (χ2v) is 7.74. The predicted octanol–water partition coefficient (Wildman–Crippen LogP) is 2.81. The van der Waals surface area contributed by atoms with E-state index in [-0.39, 0.29) is 23.2 Å². The number of guanidine groups is 1. The summed E-state index contributed by atoms with van der Waals surface area (Å²) in [5, 5.41) is 6.95. The van der Waals surface area contributed by atoms with Crippen molar-refractivity contribution in [1.29, 1.82) is 0 Å². The Bertz CT molecular complexity index is 667. The fourth-order valence-electron chi connectivity index (χ4n) is 4.39. The average molecular weight is 375 g/mol. The van der Waals surface area contributed by atoms with E-state index in [1.807, 2.05) is 24.0 Å². The van der Waals surface area contributed by atoms with E-state index in [1.54, 1.807) is 19.2 Å². The van der Waals surface area contributed by atoms with Crippen molar-refractivity contribution >= 4 is 11.9 Å². The monoisotopic (exact) mass is 374 g/mol. The molecule has 5 nitrogen and oxygen atoms in total. The number of amides is 1. The van der Waals surface area contributed by atoms with Crippen LogP contribution in [0.4, 0.5) is 4.39 Å². The molecule has 0 aromatic heterocycles. The van der Waals surface area contributed by atoms with Gasteiger partial charge < -0.3 is 15.5 Å². The molecule has 2 N–H and O–H groups in total. The molecule has 2 aliphatic rings. The lowest BCUT2D eigenvalue weighted by molar-refractivity contribution is -0.129. The lowest BCUT2D eigenvalue weighted by atomic mass is 9.79. The van der Waals surface area contributed by atoms with Gasteiger partial charge in [0.25, 0.3) is 0 Å². The highest BCUT2D eigenvalue weighted by atomic mass is 19.1. The summed E-state index contributed by atoms with van der Waals surface area (Å²) < 4.78 is 13.3. The van der Waals surface area contributed by atoms with Crippen molar-refractivity contribution in [3.05, 3.63) is 35.6 Å². The van der Waals surface area contributed by atoms with E-state index in [0.29, 0.717) is 6.42 Å². The van der Waals surface area contributed by atoms with Gasteiger partial charge in [-0.1, -0.05) is 31.9 Å². The van der Waals surface area contributed by atoms with Gasteiger partial charge in [-0.2, -0.15) is 0 Å². The second-order valence-electron chi connectivity index (χ2n) is 7.74. The maximum atomic E-state index is 13.3. The van der Waals surface area contributed by atoms with Crippen molar-refractivity contribution < 1.29 is 9.18 Å². The molecule has 1 aliphatic carbocycles. The maximum Gasteiger partial charge on any atom is 0.222 e. The highest BCUT2D eigenvalue weighted by Gasteiger charge is 2.36. The Morgan fingerprint density at radius 1 is 1.30 bits per heavy atom. The van der Waals surface area contributed by atoms with Gasteiger partial charge in [-0.3, -0.25) is 9.79 Å². The van der Waals surface area contributed by atoms with Gasteiger partial charge in [0, 0.05) is 44.6 Å². The summed E-state index contributed by atoms with van der Waals surface area (Å²) >= 11 is 0. The number of hydrogen-bond donors (Lipinski definition) is 2. The molecule has 2 fully saturated rings. The van der Waals surface area contributed by atoms with Crippen LogP contribution >= 0.6 is 0 Å². The largest absolute Gasteiger partial charge is 0.356 e. The number of carbonyl (C=O) groups excluding carboxylic acids is 1. The highest BCUT2D eigenvalue weighted by Crippen LogP contribution is 2.40. The van der Waals surface area contributed by atoms with Crippen LogP contribution in [0.3, 0.4) is 0 Å². The number of hydrogen-bond acceptors (Lipinski definition) is 2. The standard InChI is InChI=1S/C21H31FN4O/c1-3-19(27)26-13-10-18(14-26)25-20(23-2)24-15-21(11-4-5-12-21)16-6-8-17(22)9-7-16/h6-9,18H,3-5,10-15H2,1-2H3,(H2,23,24,25). The first-order chi connectivity index (χ1) is 13.1. The number of nitrogens with zero attached hydrogens (tertiary/aromatic N) is 2. The molecule has 1 saturated carbocycles. The Morgan fingerprint density at radius 2 is 2.00 bits per heavy atom. The first kappa shape index (κ1) is 19.6. The van der Waals surface area contributed by atoms with Gasteiger partial charge in [-0.25, -0.2) is 4.39 Å². The minimum Gasteiger partial charge on any atom is -0.356 e. The van der Waals surface area contributed by atoms with Crippen molar-refractivity contribution in [1.82, 2.24) is 15.5 Å². The average Bonchev–Trinajstić information content (AvgIpc) is 3.35. The first-order valence-corrected chi connectivity index (χ1v) is 10.1. The zero-order chi connectivity index (χ0) is 19.3.